The van der Waals surface area contributed by atoms with E-state index in [9.17, 15) is 0 Å². The molecular weight excluding hydrogens is 260 g/mol. The molecule has 1 saturated heterocycles. The Kier molecular flexibility index (Phi) is 4.13. The number of benzene rings is 1. The van der Waals surface area contributed by atoms with Gasteiger partial charge in [-0.25, -0.2) is 0 Å². The highest BCUT2D eigenvalue weighted by Crippen LogP contribution is 2.21. The van der Waals surface area contributed by atoms with Crippen LogP contribution in [0.15, 0.2) is 24.3 Å². The molecule has 0 spiro atoms. The molecule has 1 aromatic heterocycles. The number of hydrogen-bond donors (Lipinski definition) is 2. The monoisotopic (exact) mass is 284 g/mol. The first-order valence-corrected chi connectivity index (χ1v) is 7.83. The van der Waals surface area contributed by atoms with Gasteiger partial charge in [-0.15, -0.1) is 0 Å². The third kappa shape index (κ3) is 3.20. The lowest BCUT2D eigenvalue weighted by Gasteiger charge is -2.28. The van der Waals surface area contributed by atoms with Gasteiger partial charge < -0.3 is 10.2 Å². The van der Waals surface area contributed by atoms with E-state index in [0.717, 1.165) is 23.6 Å². The Labute approximate surface area is 126 Å². The summed E-state index contributed by atoms with van der Waals surface area (Å²) >= 11 is 0. The number of anilines is 2. The van der Waals surface area contributed by atoms with Gasteiger partial charge in [0.15, 0.2) is 0 Å². The van der Waals surface area contributed by atoms with E-state index in [1.54, 1.807) is 0 Å². The maximum absolute atomic E-state index is 4.21. The Bertz CT molecular complexity index is 560. The highest BCUT2D eigenvalue weighted by molar-refractivity contribution is 5.52. The van der Waals surface area contributed by atoms with Crippen LogP contribution in [0.5, 0.6) is 0 Å². The third-order valence-electron chi connectivity index (χ3n) is 4.25. The molecule has 2 heterocycles. The fourth-order valence-corrected chi connectivity index (χ4v) is 2.98. The molecule has 2 N–H and O–H groups in total. The molecule has 0 unspecified atom stereocenters. The summed E-state index contributed by atoms with van der Waals surface area (Å²) in [7, 11) is 0. The van der Waals surface area contributed by atoms with Crippen molar-refractivity contribution in [3.05, 3.63) is 41.2 Å². The maximum Gasteiger partial charge on any atom is 0.0825 e. The van der Waals surface area contributed by atoms with Crippen molar-refractivity contribution in [3.63, 3.8) is 0 Å². The van der Waals surface area contributed by atoms with E-state index in [0.29, 0.717) is 0 Å². The third-order valence-corrected chi connectivity index (χ3v) is 4.25. The number of hydrogen-bond acceptors (Lipinski definition) is 3. The quantitative estimate of drug-likeness (QED) is 0.901. The molecular formula is C17H24N4. The molecule has 21 heavy (non-hydrogen) atoms. The van der Waals surface area contributed by atoms with Crippen LogP contribution >= 0.6 is 0 Å². The van der Waals surface area contributed by atoms with E-state index in [2.05, 4.69) is 44.7 Å². The topological polar surface area (TPSA) is 44.0 Å². The molecule has 1 fully saturated rings. The smallest absolute Gasteiger partial charge is 0.0825 e. The first kappa shape index (κ1) is 14.0. The van der Waals surface area contributed by atoms with Crippen molar-refractivity contribution in [1.29, 1.82) is 0 Å². The van der Waals surface area contributed by atoms with E-state index in [4.69, 9.17) is 0 Å². The van der Waals surface area contributed by atoms with E-state index >= 15 is 0 Å². The van der Waals surface area contributed by atoms with Gasteiger partial charge in [-0.05, 0) is 50.8 Å². The molecule has 3 rings (SSSR count). The Morgan fingerprint density at radius 3 is 2.43 bits per heavy atom. The standard InChI is InChI=1S/C17H24N4/c1-13-17(14(2)20-19-13)18-12-15-6-8-16(9-7-15)21-10-4-3-5-11-21/h6-9,18H,3-5,10-12H2,1-2H3,(H,19,20). The number of H-pyrrole nitrogens is 1. The van der Waals surface area contributed by atoms with Gasteiger partial charge in [-0.2, -0.15) is 5.10 Å². The molecule has 0 radical (unpaired) electrons. The SMILES string of the molecule is Cc1n[nH]c(C)c1NCc1ccc(N2CCCCC2)cc1. The van der Waals surface area contributed by atoms with Gasteiger partial charge >= 0.3 is 0 Å². The first-order chi connectivity index (χ1) is 10.2. The summed E-state index contributed by atoms with van der Waals surface area (Å²) in [6.45, 7) is 7.30. The maximum atomic E-state index is 4.21. The lowest BCUT2D eigenvalue weighted by Crippen LogP contribution is -2.29. The number of rotatable bonds is 4. The molecule has 0 aliphatic carbocycles. The van der Waals surface area contributed by atoms with Gasteiger partial charge in [-0.1, -0.05) is 12.1 Å². The Morgan fingerprint density at radius 1 is 1.10 bits per heavy atom. The van der Waals surface area contributed by atoms with Crippen LogP contribution in [0.2, 0.25) is 0 Å². The zero-order valence-electron chi connectivity index (χ0n) is 12.9. The van der Waals surface area contributed by atoms with Crippen LogP contribution in [0.4, 0.5) is 11.4 Å². The predicted molar refractivity (Wildman–Crippen MR) is 87.9 cm³/mol. The van der Waals surface area contributed by atoms with Gasteiger partial charge in [0.05, 0.1) is 17.1 Å². The number of piperidine rings is 1. The molecule has 1 aliphatic heterocycles. The van der Waals surface area contributed by atoms with Crippen LogP contribution in [-0.4, -0.2) is 23.3 Å². The summed E-state index contributed by atoms with van der Waals surface area (Å²) in [5.74, 6) is 0. The predicted octanol–water partition coefficient (Wildman–Crippen LogP) is 3.63. The Balaban J connectivity index is 1.62. The normalized spacial score (nSPS) is 15.2. The second-order valence-corrected chi connectivity index (χ2v) is 5.88. The molecule has 4 heteroatoms. The Hall–Kier alpha value is -1.97. The minimum Gasteiger partial charge on any atom is -0.378 e. The van der Waals surface area contributed by atoms with Gasteiger partial charge in [0.25, 0.3) is 0 Å². The molecule has 0 amide bonds. The first-order valence-electron chi connectivity index (χ1n) is 7.83. The van der Waals surface area contributed by atoms with E-state index in [1.807, 2.05) is 13.8 Å². The van der Waals surface area contributed by atoms with Crippen molar-refractivity contribution >= 4 is 11.4 Å². The Morgan fingerprint density at radius 2 is 1.81 bits per heavy atom. The summed E-state index contributed by atoms with van der Waals surface area (Å²) in [5.41, 5.74) is 5.90. The van der Waals surface area contributed by atoms with E-state index < -0.39 is 0 Å². The van der Waals surface area contributed by atoms with Crippen molar-refractivity contribution in [2.45, 2.75) is 39.7 Å². The average molecular weight is 284 g/mol. The summed E-state index contributed by atoms with van der Waals surface area (Å²) in [6, 6.07) is 8.94. The summed E-state index contributed by atoms with van der Waals surface area (Å²) in [5, 5.41) is 10.7. The lowest BCUT2D eigenvalue weighted by molar-refractivity contribution is 0.578. The van der Waals surface area contributed by atoms with Crippen LogP contribution in [0.3, 0.4) is 0 Å². The molecule has 0 bridgehead atoms. The zero-order valence-corrected chi connectivity index (χ0v) is 12.9. The summed E-state index contributed by atoms with van der Waals surface area (Å²) < 4.78 is 0. The van der Waals surface area contributed by atoms with Crippen molar-refractivity contribution < 1.29 is 0 Å². The van der Waals surface area contributed by atoms with Crippen LogP contribution in [0.1, 0.15) is 36.2 Å². The number of nitrogens with zero attached hydrogens (tertiary/aromatic N) is 2. The van der Waals surface area contributed by atoms with Crippen LogP contribution in [-0.2, 0) is 6.54 Å². The van der Waals surface area contributed by atoms with Crippen molar-refractivity contribution in [3.8, 4) is 0 Å². The van der Waals surface area contributed by atoms with Gasteiger partial charge in [-0.3, -0.25) is 5.10 Å². The second-order valence-electron chi connectivity index (χ2n) is 5.88. The molecule has 112 valence electrons. The zero-order chi connectivity index (χ0) is 14.7. The van der Waals surface area contributed by atoms with Gasteiger partial charge in [0.1, 0.15) is 0 Å². The molecule has 2 aromatic rings. The molecule has 0 atom stereocenters. The van der Waals surface area contributed by atoms with Gasteiger partial charge in [0, 0.05) is 25.3 Å². The van der Waals surface area contributed by atoms with Gasteiger partial charge in [0.2, 0.25) is 0 Å². The highest BCUT2D eigenvalue weighted by atomic mass is 15.1. The number of aromatic nitrogens is 2. The number of nitrogens with one attached hydrogen (secondary N) is 2. The van der Waals surface area contributed by atoms with E-state index in [-0.39, 0.29) is 0 Å². The van der Waals surface area contributed by atoms with Crippen molar-refractivity contribution in [2.75, 3.05) is 23.3 Å². The minimum atomic E-state index is 0.835. The second kappa shape index (κ2) is 6.20. The van der Waals surface area contributed by atoms with Crippen LogP contribution in [0.25, 0.3) is 0 Å². The number of aromatic amines is 1. The molecule has 1 aliphatic rings. The fraction of sp³-hybridized carbons (Fsp3) is 0.471. The largest absolute Gasteiger partial charge is 0.378 e. The number of aryl methyl sites for hydroxylation is 2. The van der Waals surface area contributed by atoms with Crippen molar-refractivity contribution in [1.82, 2.24) is 10.2 Å². The molecule has 1 aromatic carbocycles. The highest BCUT2D eigenvalue weighted by Gasteiger charge is 2.10. The van der Waals surface area contributed by atoms with E-state index in [1.165, 1.54) is 43.6 Å². The summed E-state index contributed by atoms with van der Waals surface area (Å²) in [4.78, 5) is 2.49. The minimum absolute atomic E-state index is 0.835. The summed E-state index contributed by atoms with van der Waals surface area (Å²) in [6.07, 6.45) is 4.02. The van der Waals surface area contributed by atoms with Crippen LogP contribution in [0, 0.1) is 13.8 Å². The lowest BCUT2D eigenvalue weighted by atomic mass is 10.1. The van der Waals surface area contributed by atoms with Crippen molar-refractivity contribution in [2.24, 2.45) is 0 Å². The molecule has 4 nitrogen and oxygen atoms in total. The fourth-order valence-electron chi connectivity index (χ4n) is 2.98. The molecule has 0 saturated carbocycles. The average Bonchev–Trinajstić information content (AvgIpc) is 2.85. The van der Waals surface area contributed by atoms with Crippen LogP contribution < -0.4 is 10.2 Å².